The second-order valence-electron chi connectivity index (χ2n) is 6.54. The Morgan fingerprint density at radius 1 is 1.06 bits per heavy atom. The molecule has 104 valence electrons. The number of fused-ring (bicyclic) bond motifs is 1. The fourth-order valence-electron chi connectivity index (χ4n) is 4.16. The van der Waals surface area contributed by atoms with Crippen molar-refractivity contribution < 1.29 is 9.90 Å². The van der Waals surface area contributed by atoms with Gasteiger partial charge in [-0.25, -0.2) is 0 Å². The van der Waals surface area contributed by atoms with Crippen LogP contribution in [-0.2, 0) is 4.79 Å². The molecule has 2 fully saturated rings. The highest BCUT2D eigenvalue weighted by Gasteiger charge is 2.37. The molecular formula is C16H28O2. The van der Waals surface area contributed by atoms with E-state index < -0.39 is 5.97 Å². The summed E-state index contributed by atoms with van der Waals surface area (Å²) in [6.07, 6.45) is 12.6. The van der Waals surface area contributed by atoms with Crippen molar-refractivity contribution in [2.45, 2.75) is 71.1 Å². The molecule has 0 spiro atoms. The minimum Gasteiger partial charge on any atom is -0.481 e. The molecule has 0 saturated heterocycles. The number of aliphatic carboxylic acids is 1. The molecule has 2 saturated carbocycles. The van der Waals surface area contributed by atoms with E-state index in [-0.39, 0.29) is 5.92 Å². The van der Waals surface area contributed by atoms with Crippen molar-refractivity contribution in [3.8, 4) is 0 Å². The van der Waals surface area contributed by atoms with Crippen LogP contribution in [-0.4, -0.2) is 11.1 Å². The summed E-state index contributed by atoms with van der Waals surface area (Å²) in [6.45, 7) is 2.27. The van der Waals surface area contributed by atoms with Gasteiger partial charge in [0.05, 0.1) is 5.92 Å². The molecule has 0 amide bonds. The van der Waals surface area contributed by atoms with Crippen LogP contribution in [0.4, 0.5) is 0 Å². The average molecular weight is 252 g/mol. The molecule has 4 unspecified atom stereocenters. The van der Waals surface area contributed by atoms with Crippen LogP contribution in [0.15, 0.2) is 0 Å². The van der Waals surface area contributed by atoms with Crippen LogP contribution >= 0.6 is 0 Å². The monoisotopic (exact) mass is 252 g/mol. The smallest absolute Gasteiger partial charge is 0.306 e. The number of carboxylic acid groups (broad SMARTS) is 1. The molecule has 0 aromatic rings. The lowest BCUT2D eigenvalue weighted by atomic mass is 9.64. The quantitative estimate of drug-likeness (QED) is 0.732. The van der Waals surface area contributed by atoms with E-state index in [0.29, 0.717) is 0 Å². The maximum Gasteiger partial charge on any atom is 0.306 e. The second kappa shape index (κ2) is 6.58. The van der Waals surface area contributed by atoms with Gasteiger partial charge in [0, 0.05) is 0 Å². The minimum absolute atomic E-state index is 0.0390. The summed E-state index contributed by atoms with van der Waals surface area (Å²) >= 11 is 0. The van der Waals surface area contributed by atoms with E-state index in [1.165, 1.54) is 51.4 Å². The third kappa shape index (κ3) is 3.49. The Bertz CT molecular complexity index is 274. The van der Waals surface area contributed by atoms with Gasteiger partial charge in [0.25, 0.3) is 0 Å². The van der Waals surface area contributed by atoms with Crippen molar-refractivity contribution in [2.24, 2.45) is 23.7 Å². The van der Waals surface area contributed by atoms with Crippen LogP contribution in [0, 0.1) is 23.7 Å². The Morgan fingerprint density at radius 2 is 1.78 bits per heavy atom. The van der Waals surface area contributed by atoms with E-state index in [9.17, 15) is 4.79 Å². The summed E-state index contributed by atoms with van der Waals surface area (Å²) in [5, 5.41) is 9.12. The van der Waals surface area contributed by atoms with Gasteiger partial charge >= 0.3 is 5.97 Å². The number of carbonyl (C=O) groups is 1. The second-order valence-corrected chi connectivity index (χ2v) is 6.54. The lowest BCUT2D eigenvalue weighted by Gasteiger charge is -2.41. The highest BCUT2D eigenvalue weighted by atomic mass is 16.4. The first-order valence-corrected chi connectivity index (χ1v) is 7.93. The Hall–Kier alpha value is -0.530. The summed E-state index contributed by atoms with van der Waals surface area (Å²) in [5.41, 5.74) is 0. The molecule has 2 nitrogen and oxygen atoms in total. The average Bonchev–Trinajstić information content (AvgIpc) is 2.38. The van der Waals surface area contributed by atoms with Crippen LogP contribution in [0.25, 0.3) is 0 Å². The summed E-state index contributed by atoms with van der Waals surface area (Å²) in [4.78, 5) is 11.1. The third-order valence-electron chi connectivity index (χ3n) is 5.29. The molecular weight excluding hydrogens is 224 g/mol. The first kappa shape index (κ1) is 13.9. The topological polar surface area (TPSA) is 37.3 Å². The van der Waals surface area contributed by atoms with E-state index in [0.717, 1.165) is 30.6 Å². The van der Waals surface area contributed by atoms with Gasteiger partial charge in [-0.15, -0.1) is 0 Å². The van der Waals surface area contributed by atoms with Crippen molar-refractivity contribution in [3.05, 3.63) is 0 Å². The molecule has 18 heavy (non-hydrogen) atoms. The minimum atomic E-state index is -0.557. The Kier molecular flexibility index (Phi) is 5.08. The van der Waals surface area contributed by atoms with Gasteiger partial charge in [0.1, 0.15) is 0 Å². The molecule has 2 aliphatic rings. The lowest BCUT2D eigenvalue weighted by molar-refractivity contribution is -0.144. The summed E-state index contributed by atoms with van der Waals surface area (Å²) < 4.78 is 0. The standard InChI is InChI=1S/C16H28O2/c1-2-3-4-5-12-6-7-14-11-15(16(17)18)9-8-13(14)10-12/h12-15H,2-11H2,1H3,(H,17,18). The van der Waals surface area contributed by atoms with E-state index >= 15 is 0 Å². The van der Waals surface area contributed by atoms with Gasteiger partial charge in [-0.1, -0.05) is 39.0 Å². The lowest BCUT2D eigenvalue weighted by Crippen LogP contribution is -2.33. The fraction of sp³-hybridized carbons (Fsp3) is 0.938. The van der Waals surface area contributed by atoms with Crippen molar-refractivity contribution in [3.63, 3.8) is 0 Å². The van der Waals surface area contributed by atoms with E-state index in [4.69, 9.17) is 5.11 Å². The SMILES string of the molecule is CCCCCC1CCC2CC(C(=O)O)CCC2C1. The molecule has 0 aromatic carbocycles. The predicted octanol–water partition coefficient (Wildman–Crippen LogP) is 4.48. The van der Waals surface area contributed by atoms with Crippen molar-refractivity contribution >= 4 is 5.97 Å². The third-order valence-corrected chi connectivity index (χ3v) is 5.29. The zero-order chi connectivity index (χ0) is 13.0. The van der Waals surface area contributed by atoms with Crippen LogP contribution in [0.1, 0.15) is 71.1 Å². The Labute approximate surface area is 111 Å². The largest absolute Gasteiger partial charge is 0.481 e. The van der Waals surface area contributed by atoms with Crippen molar-refractivity contribution in [2.75, 3.05) is 0 Å². The van der Waals surface area contributed by atoms with Crippen LogP contribution in [0.3, 0.4) is 0 Å². The van der Waals surface area contributed by atoms with Crippen LogP contribution in [0.2, 0.25) is 0 Å². The molecule has 0 heterocycles. The molecule has 0 aromatic heterocycles. The molecule has 2 aliphatic carbocycles. The fourth-order valence-corrected chi connectivity index (χ4v) is 4.16. The highest BCUT2D eigenvalue weighted by Crippen LogP contribution is 2.45. The maximum atomic E-state index is 11.1. The molecule has 0 radical (unpaired) electrons. The zero-order valence-electron chi connectivity index (χ0n) is 11.7. The normalized spacial score (nSPS) is 36.1. The van der Waals surface area contributed by atoms with Crippen molar-refractivity contribution in [1.29, 1.82) is 0 Å². The van der Waals surface area contributed by atoms with E-state index in [1.54, 1.807) is 0 Å². The van der Waals surface area contributed by atoms with Gasteiger partial charge in [0.15, 0.2) is 0 Å². The number of hydrogen-bond acceptors (Lipinski definition) is 1. The van der Waals surface area contributed by atoms with Crippen LogP contribution in [0.5, 0.6) is 0 Å². The van der Waals surface area contributed by atoms with Gasteiger partial charge in [-0.05, 0) is 49.9 Å². The molecule has 0 bridgehead atoms. The molecule has 1 N–H and O–H groups in total. The van der Waals surface area contributed by atoms with Gasteiger partial charge in [-0.2, -0.15) is 0 Å². The maximum absolute atomic E-state index is 11.1. The Balaban J connectivity index is 1.77. The van der Waals surface area contributed by atoms with Gasteiger partial charge in [0.2, 0.25) is 0 Å². The highest BCUT2D eigenvalue weighted by molar-refractivity contribution is 5.70. The Morgan fingerprint density at radius 3 is 2.50 bits per heavy atom. The van der Waals surface area contributed by atoms with Crippen molar-refractivity contribution in [1.82, 2.24) is 0 Å². The number of carboxylic acids is 1. The van der Waals surface area contributed by atoms with Gasteiger partial charge < -0.3 is 5.11 Å². The molecule has 2 heteroatoms. The zero-order valence-corrected chi connectivity index (χ0v) is 11.7. The van der Waals surface area contributed by atoms with E-state index in [1.807, 2.05) is 0 Å². The van der Waals surface area contributed by atoms with E-state index in [2.05, 4.69) is 6.92 Å². The molecule has 0 aliphatic heterocycles. The summed E-state index contributed by atoms with van der Waals surface area (Å²) in [5.74, 6) is 1.92. The predicted molar refractivity (Wildman–Crippen MR) is 73.4 cm³/mol. The van der Waals surface area contributed by atoms with Gasteiger partial charge in [-0.3, -0.25) is 4.79 Å². The first-order chi connectivity index (χ1) is 8.70. The summed E-state index contributed by atoms with van der Waals surface area (Å²) in [6, 6.07) is 0. The van der Waals surface area contributed by atoms with Crippen LogP contribution < -0.4 is 0 Å². The molecule has 4 atom stereocenters. The summed E-state index contributed by atoms with van der Waals surface area (Å²) in [7, 11) is 0. The number of unbranched alkanes of at least 4 members (excludes halogenated alkanes) is 2. The number of rotatable bonds is 5. The first-order valence-electron chi connectivity index (χ1n) is 7.93. The molecule has 2 rings (SSSR count). The number of hydrogen-bond donors (Lipinski definition) is 1.